The SMILES string of the molecule is O=C(O)/C(=C\c1ccccc1)CO. The number of rotatable bonds is 3. The van der Waals surface area contributed by atoms with E-state index >= 15 is 0 Å². The van der Waals surface area contributed by atoms with Crippen molar-refractivity contribution >= 4 is 12.0 Å². The second kappa shape index (κ2) is 4.42. The first-order valence-corrected chi connectivity index (χ1v) is 3.84. The highest BCUT2D eigenvalue weighted by Gasteiger charge is 2.04. The molecule has 0 aliphatic heterocycles. The third-order valence-corrected chi connectivity index (χ3v) is 1.59. The van der Waals surface area contributed by atoms with Gasteiger partial charge in [-0.1, -0.05) is 30.3 Å². The second-order valence-electron chi connectivity index (χ2n) is 2.54. The van der Waals surface area contributed by atoms with Crippen LogP contribution in [0.25, 0.3) is 6.08 Å². The molecule has 0 saturated heterocycles. The van der Waals surface area contributed by atoms with E-state index in [-0.39, 0.29) is 5.57 Å². The number of aliphatic hydroxyl groups excluding tert-OH is 1. The van der Waals surface area contributed by atoms with Gasteiger partial charge in [0, 0.05) is 0 Å². The Hall–Kier alpha value is -1.61. The number of aliphatic carboxylic acids is 1. The summed E-state index contributed by atoms with van der Waals surface area (Å²) in [6, 6.07) is 9.01. The maximum absolute atomic E-state index is 10.5. The summed E-state index contributed by atoms with van der Waals surface area (Å²) in [4.78, 5) is 10.5. The van der Waals surface area contributed by atoms with E-state index in [1.165, 1.54) is 6.08 Å². The molecule has 0 radical (unpaired) electrons. The minimum Gasteiger partial charge on any atom is -0.478 e. The zero-order chi connectivity index (χ0) is 9.68. The molecule has 68 valence electrons. The molecule has 0 bridgehead atoms. The molecule has 0 heterocycles. The summed E-state index contributed by atoms with van der Waals surface area (Å²) >= 11 is 0. The van der Waals surface area contributed by atoms with Gasteiger partial charge in [0.05, 0.1) is 12.2 Å². The fraction of sp³-hybridized carbons (Fsp3) is 0.100. The summed E-state index contributed by atoms with van der Waals surface area (Å²) in [7, 11) is 0. The molecule has 0 fully saturated rings. The summed E-state index contributed by atoms with van der Waals surface area (Å²) < 4.78 is 0. The summed E-state index contributed by atoms with van der Waals surface area (Å²) in [6.07, 6.45) is 1.45. The lowest BCUT2D eigenvalue weighted by atomic mass is 10.1. The van der Waals surface area contributed by atoms with Crippen molar-refractivity contribution in [3.63, 3.8) is 0 Å². The molecule has 0 amide bonds. The first-order chi connectivity index (χ1) is 6.24. The molecule has 0 aliphatic carbocycles. The number of carbonyl (C=O) groups is 1. The van der Waals surface area contributed by atoms with Gasteiger partial charge >= 0.3 is 5.97 Å². The van der Waals surface area contributed by atoms with Gasteiger partial charge in [-0.25, -0.2) is 4.79 Å². The first kappa shape index (κ1) is 9.48. The van der Waals surface area contributed by atoms with Gasteiger partial charge in [-0.05, 0) is 11.6 Å². The Morgan fingerprint density at radius 3 is 2.38 bits per heavy atom. The van der Waals surface area contributed by atoms with Crippen LogP contribution in [-0.2, 0) is 4.79 Å². The molecule has 1 rings (SSSR count). The predicted molar refractivity (Wildman–Crippen MR) is 49.1 cm³/mol. The molecule has 2 N–H and O–H groups in total. The maximum atomic E-state index is 10.5. The number of benzene rings is 1. The van der Waals surface area contributed by atoms with Gasteiger partial charge in [0.2, 0.25) is 0 Å². The van der Waals surface area contributed by atoms with Crippen molar-refractivity contribution in [1.82, 2.24) is 0 Å². The van der Waals surface area contributed by atoms with Crippen LogP contribution in [-0.4, -0.2) is 22.8 Å². The van der Waals surface area contributed by atoms with Crippen LogP contribution >= 0.6 is 0 Å². The monoisotopic (exact) mass is 178 g/mol. The topological polar surface area (TPSA) is 57.5 Å². The van der Waals surface area contributed by atoms with Crippen molar-refractivity contribution in [2.24, 2.45) is 0 Å². The highest BCUT2D eigenvalue weighted by molar-refractivity contribution is 5.92. The molecule has 1 aromatic carbocycles. The number of carboxylic acids is 1. The van der Waals surface area contributed by atoms with Gasteiger partial charge in [-0.2, -0.15) is 0 Å². The molecule has 0 saturated carbocycles. The van der Waals surface area contributed by atoms with Crippen LogP contribution in [0.15, 0.2) is 35.9 Å². The van der Waals surface area contributed by atoms with Gasteiger partial charge in [0.1, 0.15) is 0 Å². The van der Waals surface area contributed by atoms with E-state index in [2.05, 4.69) is 0 Å². The Morgan fingerprint density at radius 1 is 1.31 bits per heavy atom. The van der Waals surface area contributed by atoms with Gasteiger partial charge in [-0.3, -0.25) is 0 Å². The highest BCUT2D eigenvalue weighted by atomic mass is 16.4. The van der Waals surface area contributed by atoms with Crippen molar-refractivity contribution in [2.45, 2.75) is 0 Å². The van der Waals surface area contributed by atoms with Crippen LogP contribution in [0.5, 0.6) is 0 Å². The number of carboxylic acid groups (broad SMARTS) is 1. The van der Waals surface area contributed by atoms with E-state index < -0.39 is 12.6 Å². The average molecular weight is 178 g/mol. The van der Waals surface area contributed by atoms with Gasteiger partial charge in [0.15, 0.2) is 0 Å². The fourth-order valence-electron chi connectivity index (χ4n) is 0.925. The smallest absolute Gasteiger partial charge is 0.333 e. The average Bonchev–Trinajstić information content (AvgIpc) is 2.15. The molecular formula is C10H10O3. The number of aliphatic hydroxyl groups is 1. The number of hydrogen-bond acceptors (Lipinski definition) is 2. The van der Waals surface area contributed by atoms with Crippen molar-refractivity contribution in [2.75, 3.05) is 6.61 Å². The van der Waals surface area contributed by atoms with Crippen LogP contribution in [0.4, 0.5) is 0 Å². The van der Waals surface area contributed by atoms with Crippen LogP contribution in [0.3, 0.4) is 0 Å². The van der Waals surface area contributed by atoms with Crippen LogP contribution in [0.2, 0.25) is 0 Å². The number of hydrogen-bond donors (Lipinski definition) is 2. The van der Waals surface area contributed by atoms with Gasteiger partial charge in [-0.15, -0.1) is 0 Å². The third kappa shape index (κ3) is 2.72. The molecule has 0 aliphatic rings. The molecule has 13 heavy (non-hydrogen) atoms. The van der Waals surface area contributed by atoms with E-state index in [1.807, 2.05) is 18.2 Å². The Kier molecular flexibility index (Phi) is 3.23. The normalized spacial score (nSPS) is 11.3. The van der Waals surface area contributed by atoms with Gasteiger partial charge < -0.3 is 10.2 Å². The van der Waals surface area contributed by atoms with Crippen LogP contribution < -0.4 is 0 Å². The zero-order valence-corrected chi connectivity index (χ0v) is 6.97. The van der Waals surface area contributed by atoms with Crippen molar-refractivity contribution in [3.05, 3.63) is 41.5 Å². The maximum Gasteiger partial charge on any atom is 0.333 e. The van der Waals surface area contributed by atoms with Crippen LogP contribution in [0, 0.1) is 0 Å². The lowest BCUT2D eigenvalue weighted by molar-refractivity contribution is -0.133. The van der Waals surface area contributed by atoms with E-state index in [9.17, 15) is 4.79 Å². The molecule has 3 heteroatoms. The molecule has 0 aromatic heterocycles. The summed E-state index contributed by atoms with van der Waals surface area (Å²) in [5.74, 6) is -1.09. The quantitative estimate of drug-likeness (QED) is 0.682. The first-order valence-electron chi connectivity index (χ1n) is 3.84. The Balaban J connectivity index is 2.92. The molecule has 1 aromatic rings. The van der Waals surface area contributed by atoms with E-state index in [0.717, 1.165) is 5.56 Å². The van der Waals surface area contributed by atoms with E-state index in [0.29, 0.717) is 0 Å². The van der Waals surface area contributed by atoms with Crippen molar-refractivity contribution in [3.8, 4) is 0 Å². The molecule has 0 unspecified atom stereocenters. The zero-order valence-electron chi connectivity index (χ0n) is 6.97. The highest BCUT2D eigenvalue weighted by Crippen LogP contribution is 2.05. The molecule has 0 atom stereocenters. The predicted octanol–water partition coefficient (Wildman–Crippen LogP) is 1.15. The Labute approximate surface area is 76.0 Å². The largest absolute Gasteiger partial charge is 0.478 e. The lowest BCUT2D eigenvalue weighted by Crippen LogP contribution is -2.04. The van der Waals surface area contributed by atoms with E-state index in [4.69, 9.17) is 10.2 Å². The second-order valence-corrected chi connectivity index (χ2v) is 2.54. The Morgan fingerprint density at radius 2 is 1.92 bits per heavy atom. The minimum atomic E-state index is -1.09. The summed E-state index contributed by atoms with van der Waals surface area (Å²) in [5, 5.41) is 17.3. The molecule has 0 spiro atoms. The summed E-state index contributed by atoms with van der Waals surface area (Å²) in [5.41, 5.74) is 0.764. The molecular weight excluding hydrogens is 168 g/mol. The standard InChI is InChI=1S/C10H10O3/c11-7-9(10(12)13)6-8-4-2-1-3-5-8/h1-6,11H,7H2,(H,12,13)/b9-6-. The van der Waals surface area contributed by atoms with Crippen molar-refractivity contribution < 1.29 is 15.0 Å². The van der Waals surface area contributed by atoms with Crippen LogP contribution in [0.1, 0.15) is 5.56 Å². The van der Waals surface area contributed by atoms with Crippen molar-refractivity contribution in [1.29, 1.82) is 0 Å². The third-order valence-electron chi connectivity index (χ3n) is 1.59. The fourth-order valence-corrected chi connectivity index (χ4v) is 0.925. The minimum absolute atomic E-state index is 0.00815. The molecule has 3 nitrogen and oxygen atoms in total. The lowest BCUT2D eigenvalue weighted by Gasteiger charge is -1.96. The van der Waals surface area contributed by atoms with E-state index in [1.54, 1.807) is 12.1 Å². The summed E-state index contributed by atoms with van der Waals surface area (Å²) in [6.45, 7) is -0.454. The Bertz CT molecular complexity index is 314. The van der Waals surface area contributed by atoms with Gasteiger partial charge in [0.25, 0.3) is 0 Å².